The highest BCUT2D eigenvalue weighted by molar-refractivity contribution is 7.89. The summed E-state index contributed by atoms with van der Waals surface area (Å²) in [6.45, 7) is 7.49. The van der Waals surface area contributed by atoms with E-state index in [1.807, 2.05) is 0 Å². The quantitative estimate of drug-likeness (QED) is 0.651. The molecular weight excluding hydrogens is 276 g/mol. The number of anilines is 1. The molecule has 1 aromatic rings. The molecule has 1 atom stereocenters. The van der Waals surface area contributed by atoms with E-state index in [-0.39, 0.29) is 10.4 Å². The van der Waals surface area contributed by atoms with Crippen LogP contribution >= 0.6 is 0 Å². The molecule has 1 fully saturated rings. The summed E-state index contributed by atoms with van der Waals surface area (Å²) in [6.07, 6.45) is 2.34. The largest absolute Gasteiger partial charge is 0.321 e. The van der Waals surface area contributed by atoms with Gasteiger partial charge in [0, 0.05) is 19.3 Å². The van der Waals surface area contributed by atoms with Gasteiger partial charge in [-0.15, -0.1) is 0 Å². The van der Waals surface area contributed by atoms with E-state index in [2.05, 4.69) is 31.2 Å². The third-order valence-electron chi connectivity index (χ3n) is 3.89. The Bertz CT molecular complexity index is 580. The van der Waals surface area contributed by atoms with E-state index in [1.165, 1.54) is 10.5 Å². The normalized spacial score (nSPS) is 21.1. The first-order chi connectivity index (χ1) is 9.26. The van der Waals surface area contributed by atoms with Gasteiger partial charge in [-0.2, -0.15) is 4.31 Å². The fourth-order valence-electron chi connectivity index (χ4n) is 2.48. The second kappa shape index (κ2) is 5.31. The number of pyridine rings is 1. The SMILES string of the molecule is CC(C)(C)C1CCN(S(=O)(=O)c2ncccc2NN)C1. The predicted octanol–water partition coefficient (Wildman–Crippen LogP) is 1.42. The Labute approximate surface area is 120 Å². The van der Waals surface area contributed by atoms with Gasteiger partial charge >= 0.3 is 0 Å². The number of nitrogen functional groups attached to an aromatic ring is 1. The lowest BCUT2D eigenvalue weighted by Crippen LogP contribution is -2.32. The van der Waals surface area contributed by atoms with Crippen molar-refractivity contribution in [3.63, 3.8) is 0 Å². The zero-order chi connectivity index (χ0) is 15.0. The van der Waals surface area contributed by atoms with Crippen LogP contribution in [0.25, 0.3) is 0 Å². The van der Waals surface area contributed by atoms with Crippen molar-refractivity contribution in [3.8, 4) is 0 Å². The topological polar surface area (TPSA) is 88.3 Å². The molecule has 6 nitrogen and oxygen atoms in total. The molecule has 0 bridgehead atoms. The van der Waals surface area contributed by atoms with Crippen LogP contribution in [0.1, 0.15) is 27.2 Å². The summed E-state index contributed by atoms with van der Waals surface area (Å²) < 4.78 is 26.8. The highest BCUT2D eigenvalue weighted by Gasteiger charge is 2.38. The Kier molecular flexibility index (Phi) is 4.04. The molecule has 7 heteroatoms. The highest BCUT2D eigenvalue weighted by atomic mass is 32.2. The first-order valence-electron chi connectivity index (χ1n) is 6.68. The van der Waals surface area contributed by atoms with Crippen LogP contribution in [0.4, 0.5) is 5.69 Å². The molecule has 1 unspecified atom stereocenters. The van der Waals surface area contributed by atoms with Gasteiger partial charge < -0.3 is 5.43 Å². The van der Waals surface area contributed by atoms with Crippen LogP contribution in [0.15, 0.2) is 23.4 Å². The molecule has 0 aliphatic carbocycles. The number of nitrogens with two attached hydrogens (primary N) is 1. The van der Waals surface area contributed by atoms with Gasteiger partial charge in [-0.1, -0.05) is 20.8 Å². The smallest absolute Gasteiger partial charge is 0.262 e. The molecule has 112 valence electrons. The molecule has 1 aliphatic rings. The van der Waals surface area contributed by atoms with Crippen LogP contribution in [0.3, 0.4) is 0 Å². The monoisotopic (exact) mass is 298 g/mol. The van der Waals surface area contributed by atoms with Crippen molar-refractivity contribution in [2.24, 2.45) is 17.2 Å². The Morgan fingerprint density at radius 1 is 1.45 bits per heavy atom. The fraction of sp³-hybridized carbons (Fsp3) is 0.615. The Morgan fingerprint density at radius 3 is 2.70 bits per heavy atom. The second-order valence-corrected chi connectivity index (χ2v) is 8.07. The number of nitrogens with zero attached hydrogens (tertiary/aromatic N) is 2. The maximum Gasteiger partial charge on any atom is 0.262 e. The molecule has 1 saturated heterocycles. The van der Waals surface area contributed by atoms with E-state index in [9.17, 15) is 8.42 Å². The van der Waals surface area contributed by atoms with Crippen LogP contribution in [-0.4, -0.2) is 30.8 Å². The number of sulfonamides is 1. The zero-order valence-corrected chi connectivity index (χ0v) is 12.9. The predicted molar refractivity (Wildman–Crippen MR) is 78.4 cm³/mol. The van der Waals surface area contributed by atoms with E-state index in [0.29, 0.717) is 24.7 Å². The number of hydrogen-bond donors (Lipinski definition) is 2. The van der Waals surface area contributed by atoms with Gasteiger partial charge in [-0.05, 0) is 29.9 Å². The zero-order valence-electron chi connectivity index (χ0n) is 12.1. The Hall–Kier alpha value is -1.18. The van der Waals surface area contributed by atoms with Crippen molar-refractivity contribution in [1.82, 2.24) is 9.29 Å². The van der Waals surface area contributed by atoms with E-state index in [4.69, 9.17) is 5.84 Å². The minimum atomic E-state index is -3.59. The molecule has 2 rings (SSSR count). The average Bonchev–Trinajstić information content (AvgIpc) is 2.88. The minimum Gasteiger partial charge on any atom is -0.321 e. The molecule has 1 aliphatic heterocycles. The summed E-state index contributed by atoms with van der Waals surface area (Å²) in [5, 5.41) is -0.00272. The number of nitrogens with one attached hydrogen (secondary N) is 1. The summed E-state index contributed by atoms with van der Waals surface area (Å²) in [4.78, 5) is 3.98. The molecule has 2 heterocycles. The maximum atomic E-state index is 12.7. The molecule has 0 spiro atoms. The molecule has 0 radical (unpaired) electrons. The van der Waals surface area contributed by atoms with Crippen LogP contribution in [0, 0.1) is 11.3 Å². The van der Waals surface area contributed by atoms with Crippen molar-refractivity contribution in [1.29, 1.82) is 0 Å². The van der Waals surface area contributed by atoms with Gasteiger partial charge in [0.2, 0.25) is 0 Å². The van der Waals surface area contributed by atoms with Crippen molar-refractivity contribution in [3.05, 3.63) is 18.3 Å². The minimum absolute atomic E-state index is 0.00272. The molecule has 0 saturated carbocycles. The average molecular weight is 298 g/mol. The summed E-state index contributed by atoms with van der Waals surface area (Å²) in [5.41, 5.74) is 2.82. The van der Waals surface area contributed by atoms with Gasteiger partial charge in [0.15, 0.2) is 5.03 Å². The number of hydrogen-bond acceptors (Lipinski definition) is 5. The van der Waals surface area contributed by atoms with Gasteiger partial charge in [-0.3, -0.25) is 5.84 Å². The lowest BCUT2D eigenvalue weighted by Gasteiger charge is -2.26. The van der Waals surface area contributed by atoms with Gasteiger partial charge in [-0.25, -0.2) is 13.4 Å². The molecule has 20 heavy (non-hydrogen) atoms. The van der Waals surface area contributed by atoms with Gasteiger partial charge in [0.1, 0.15) is 0 Å². The Morgan fingerprint density at radius 2 is 2.15 bits per heavy atom. The number of aromatic nitrogens is 1. The summed E-state index contributed by atoms with van der Waals surface area (Å²) >= 11 is 0. The standard InChI is InChI=1S/C13H22N4O2S/c1-13(2,3)10-6-8-17(9-10)20(18,19)12-11(16-14)5-4-7-15-12/h4-5,7,10,16H,6,8-9,14H2,1-3H3. The summed E-state index contributed by atoms with van der Waals surface area (Å²) in [5.74, 6) is 5.73. The highest BCUT2D eigenvalue weighted by Crippen LogP contribution is 2.36. The van der Waals surface area contributed by atoms with Crippen molar-refractivity contribution in [2.45, 2.75) is 32.2 Å². The van der Waals surface area contributed by atoms with E-state index in [0.717, 1.165) is 6.42 Å². The number of rotatable bonds is 3. The number of hydrazine groups is 1. The maximum absolute atomic E-state index is 12.7. The van der Waals surface area contributed by atoms with Crippen LogP contribution in [0.2, 0.25) is 0 Å². The van der Waals surface area contributed by atoms with E-state index in [1.54, 1.807) is 12.1 Å². The van der Waals surface area contributed by atoms with Crippen LogP contribution < -0.4 is 11.3 Å². The van der Waals surface area contributed by atoms with Crippen molar-refractivity contribution < 1.29 is 8.42 Å². The van der Waals surface area contributed by atoms with E-state index >= 15 is 0 Å². The second-order valence-electron chi connectivity index (χ2n) is 6.22. The molecular formula is C13H22N4O2S. The van der Waals surface area contributed by atoms with Crippen molar-refractivity contribution >= 4 is 15.7 Å². The molecule has 0 amide bonds. The molecule has 1 aromatic heterocycles. The summed E-state index contributed by atoms with van der Waals surface area (Å²) in [7, 11) is -3.59. The Balaban J connectivity index is 2.29. The van der Waals surface area contributed by atoms with Crippen LogP contribution in [0.5, 0.6) is 0 Å². The third-order valence-corrected chi connectivity index (χ3v) is 5.71. The van der Waals surface area contributed by atoms with Crippen LogP contribution in [-0.2, 0) is 10.0 Å². The summed E-state index contributed by atoms with van der Waals surface area (Å²) in [6, 6.07) is 3.26. The fourth-order valence-corrected chi connectivity index (χ4v) is 4.05. The lowest BCUT2D eigenvalue weighted by atomic mass is 9.80. The van der Waals surface area contributed by atoms with Gasteiger partial charge in [0.25, 0.3) is 10.0 Å². The molecule has 3 N–H and O–H groups in total. The first-order valence-corrected chi connectivity index (χ1v) is 8.12. The van der Waals surface area contributed by atoms with E-state index < -0.39 is 10.0 Å². The molecule has 0 aromatic carbocycles. The first kappa shape index (κ1) is 15.2. The lowest BCUT2D eigenvalue weighted by molar-refractivity contribution is 0.252. The van der Waals surface area contributed by atoms with Gasteiger partial charge in [0.05, 0.1) is 5.69 Å². The third kappa shape index (κ3) is 2.79. The van der Waals surface area contributed by atoms with Crippen molar-refractivity contribution in [2.75, 3.05) is 18.5 Å².